The fourth-order valence-corrected chi connectivity index (χ4v) is 4.05. The third kappa shape index (κ3) is 3.48. The van der Waals surface area contributed by atoms with Crippen molar-refractivity contribution in [1.82, 2.24) is 9.80 Å². The van der Waals surface area contributed by atoms with Gasteiger partial charge in [0.1, 0.15) is 11.3 Å². The molecule has 0 saturated carbocycles. The van der Waals surface area contributed by atoms with Gasteiger partial charge in [0, 0.05) is 6.54 Å². The largest absolute Gasteiger partial charge is 0.497 e. The first-order chi connectivity index (χ1) is 14.4. The Balaban J connectivity index is 1.86. The highest BCUT2D eigenvalue weighted by atomic mass is 16.5. The van der Waals surface area contributed by atoms with Crippen molar-refractivity contribution in [2.45, 2.75) is 19.4 Å². The van der Waals surface area contributed by atoms with Crippen molar-refractivity contribution in [3.63, 3.8) is 0 Å². The zero-order chi connectivity index (χ0) is 21.4. The summed E-state index contributed by atoms with van der Waals surface area (Å²) in [5, 5.41) is 0.509. The molecule has 0 saturated heterocycles. The van der Waals surface area contributed by atoms with Crippen molar-refractivity contribution >= 4 is 16.9 Å². The van der Waals surface area contributed by atoms with Crippen molar-refractivity contribution in [2.24, 2.45) is 0 Å². The van der Waals surface area contributed by atoms with E-state index in [9.17, 15) is 9.59 Å². The summed E-state index contributed by atoms with van der Waals surface area (Å²) in [7, 11) is 5.61. The number of aryl methyl sites for hydroxylation is 1. The van der Waals surface area contributed by atoms with Crippen LogP contribution < -0.4 is 10.2 Å². The summed E-state index contributed by atoms with van der Waals surface area (Å²) in [6.45, 7) is 3.32. The van der Waals surface area contributed by atoms with Gasteiger partial charge in [-0.3, -0.25) is 9.59 Å². The Kier molecular flexibility index (Phi) is 5.35. The molecule has 6 heteroatoms. The van der Waals surface area contributed by atoms with Gasteiger partial charge in [-0.15, -0.1) is 0 Å². The predicted molar refractivity (Wildman–Crippen MR) is 116 cm³/mol. The first kappa shape index (κ1) is 20.2. The van der Waals surface area contributed by atoms with Crippen molar-refractivity contribution in [2.75, 3.05) is 34.3 Å². The minimum atomic E-state index is -0.471. The van der Waals surface area contributed by atoms with E-state index < -0.39 is 6.04 Å². The Morgan fingerprint density at radius 2 is 1.83 bits per heavy atom. The fraction of sp³-hybridized carbons (Fsp3) is 0.333. The predicted octanol–water partition coefficient (Wildman–Crippen LogP) is 3.61. The van der Waals surface area contributed by atoms with Crippen molar-refractivity contribution in [3.8, 4) is 5.75 Å². The Hall–Kier alpha value is -3.12. The summed E-state index contributed by atoms with van der Waals surface area (Å²) in [6.07, 6.45) is 0.798. The summed E-state index contributed by atoms with van der Waals surface area (Å²) in [4.78, 5) is 30.6. The molecule has 0 aliphatic carbocycles. The summed E-state index contributed by atoms with van der Waals surface area (Å²) in [5.74, 6) is 0.648. The molecule has 4 rings (SSSR count). The summed E-state index contributed by atoms with van der Waals surface area (Å²) < 4.78 is 11.2. The molecule has 2 aromatic carbocycles. The number of amides is 1. The maximum atomic E-state index is 13.5. The molecule has 30 heavy (non-hydrogen) atoms. The number of methoxy groups -OCH3 is 1. The van der Waals surface area contributed by atoms with E-state index in [0.29, 0.717) is 23.1 Å². The Morgan fingerprint density at radius 3 is 2.50 bits per heavy atom. The van der Waals surface area contributed by atoms with E-state index in [1.165, 1.54) is 0 Å². The lowest BCUT2D eigenvalue weighted by Gasteiger charge is -2.25. The van der Waals surface area contributed by atoms with E-state index in [-0.39, 0.29) is 17.1 Å². The number of hydrogen-bond acceptors (Lipinski definition) is 5. The van der Waals surface area contributed by atoms with Gasteiger partial charge in [-0.1, -0.05) is 23.8 Å². The molecule has 1 atom stereocenters. The second-order valence-corrected chi connectivity index (χ2v) is 8.00. The molecule has 0 radical (unpaired) electrons. The van der Waals surface area contributed by atoms with Crippen LogP contribution in [0.3, 0.4) is 0 Å². The molecule has 1 aliphatic rings. The molecular weight excluding hydrogens is 380 g/mol. The van der Waals surface area contributed by atoms with Gasteiger partial charge in [-0.2, -0.15) is 0 Å². The molecule has 0 unspecified atom stereocenters. The average Bonchev–Trinajstić information content (AvgIpc) is 3.01. The highest BCUT2D eigenvalue weighted by Gasteiger charge is 2.42. The number of carbonyl (C=O) groups is 1. The quantitative estimate of drug-likeness (QED) is 0.626. The molecule has 0 N–H and O–H groups in total. The smallest absolute Gasteiger partial charge is 0.290 e. The summed E-state index contributed by atoms with van der Waals surface area (Å²) in [5.41, 5.74) is 2.57. The zero-order valence-electron chi connectivity index (χ0n) is 17.8. The lowest BCUT2D eigenvalue weighted by atomic mass is 9.98. The van der Waals surface area contributed by atoms with Gasteiger partial charge in [-0.05, 0) is 63.8 Å². The third-order valence-corrected chi connectivity index (χ3v) is 5.56. The Labute approximate surface area is 175 Å². The van der Waals surface area contributed by atoms with Gasteiger partial charge in [0.05, 0.1) is 24.1 Å². The molecular formula is C24H26N2O4. The highest BCUT2D eigenvalue weighted by molar-refractivity contribution is 5.99. The molecule has 1 amide bonds. The van der Waals surface area contributed by atoms with Gasteiger partial charge in [0.25, 0.3) is 5.91 Å². The minimum Gasteiger partial charge on any atom is -0.497 e. The normalized spacial score (nSPS) is 15.8. The number of benzene rings is 2. The fourth-order valence-electron chi connectivity index (χ4n) is 4.05. The first-order valence-electron chi connectivity index (χ1n) is 10.1. The molecule has 2 heterocycles. The van der Waals surface area contributed by atoms with Crippen LogP contribution >= 0.6 is 0 Å². The van der Waals surface area contributed by atoms with Crippen LogP contribution in [-0.4, -0.2) is 50.0 Å². The monoisotopic (exact) mass is 406 g/mol. The minimum absolute atomic E-state index is 0.140. The second-order valence-electron chi connectivity index (χ2n) is 8.00. The van der Waals surface area contributed by atoms with Gasteiger partial charge < -0.3 is 19.0 Å². The van der Waals surface area contributed by atoms with Crippen LogP contribution in [0.4, 0.5) is 0 Å². The van der Waals surface area contributed by atoms with Crippen LogP contribution in [0.15, 0.2) is 51.7 Å². The SMILES string of the molecule is COc1ccc([C@H]2c3c(oc4ccc(C)cc4c3=O)C(=O)N2CCCN(C)C)cc1. The van der Waals surface area contributed by atoms with Crippen molar-refractivity contribution in [3.05, 3.63) is 75.1 Å². The molecule has 3 aromatic rings. The first-order valence-corrected chi connectivity index (χ1v) is 10.1. The number of fused-ring (bicyclic) bond motifs is 2. The summed E-state index contributed by atoms with van der Waals surface area (Å²) in [6, 6.07) is 12.5. The van der Waals surface area contributed by atoms with Crippen molar-refractivity contribution in [1.29, 1.82) is 0 Å². The van der Waals surface area contributed by atoms with E-state index in [2.05, 4.69) is 4.90 Å². The van der Waals surface area contributed by atoms with Crippen LogP contribution in [-0.2, 0) is 0 Å². The molecule has 0 fully saturated rings. The highest BCUT2D eigenvalue weighted by Crippen LogP contribution is 2.38. The van der Waals surface area contributed by atoms with E-state index in [1.54, 1.807) is 18.1 Å². The number of carbonyl (C=O) groups excluding carboxylic acids is 1. The average molecular weight is 406 g/mol. The third-order valence-electron chi connectivity index (χ3n) is 5.56. The Bertz CT molecular complexity index is 1150. The van der Waals surface area contributed by atoms with E-state index >= 15 is 0 Å². The topological polar surface area (TPSA) is 63.0 Å². The van der Waals surface area contributed by atoms with Crippen LogP contribution in [0.2, 0.25) is 0 Å². The number of nitrogens with zero attached hydrogens (tertiary/aromatic N) is 2. The lowest BCUT2D eigenvalue weighted by molar-refractivity contribution is 0.0722. The summed E-state index contributed by atoms with van der Waals surface area (Å²) >= 11 is 0. The molecule has 6 nitrogen and oxygen atoms in total. The van der Waals surface area contributed by atoms with E-state index in [0.717, 1.165) is 29.8 Å². The lowest BCUT2D eigenvalue weighted by Crippen LogP contribution is -2.32. The van der Waals surface area contributed by atoms with Gasteiger partial charge >= 0.3 is 0 Å². The van der Waals surface area contributed by atoms with Gasteiger partial charge in [-0.25, -0.2) is 0 Å². The maximum absolute atomic E-state index is 13.5. The van der Waals surface area contributed by atoms with E-state index in [4.69, 9.17) is 9.15 Å². The van der Waals surface area contributed by atoms with E-state index in [1.807, 2.05) is 57.4 Å². The van der Waals surface area contributed by atoms with Crippen LogP contribution in [0.1, 0.15) is 39.7 Å². The maximum Gasteiger partial charge on any atom is 0.290 e. The molecule has 1 aromatic heterocycles. The standard InChI is InChI=1S/C24H26N2O4/c1-15-6-11-19-18(14-15)22(27)20-21(16-7-9-17(29-4)10-8-16)26(13-5-12-25(2)3)24(28)23(20)30-19/h6-11,14,21H,5,12-13H2,1-4H3/t21-/m0/s1. The van der Waals surface area contributed by atoms with Crippen LogP contribution in [0.25, 0.3) is 11.0 Å². The number of hydrogen-bond donors (Lipinski definition) is 0. The molecule has 1 aliphatic heterocycles. The van der Waals surface area contributed by atoms with Gasteiger partial charge in [0.2, 0.25) is 5.76 Å². The Morgan fingerprint density at radius 1 is 1.10 bits per heavy atom. The molecule has 0 spiro atoms. The van der Waals surface area contributed by atoms with Crippen molar-refractivity contribution < 1.29 is 13.9 Å². The van der Waals surface area contributed by atoms with Gasteiger partial charge in [0.15, 0.2) is 5.43 Å². The van der Waals surface area contributed by atoms with Crippen LogP contribution in [0.5, 0.6) is 5.75 Å². The number of ether oxygens (including phenoxy) is 1. The molecule has 156 valence electrons. The second kappa shape index (κ2) is 7.95. The van der Waals surface area contributed by atoms with Crippen LogP contribution in [0, 0.1) is 6.92 Å². The zero-order valence-corrected chi connectivity index (χ0v) is 17.8. The molecule has 0 bridgehead atoms. The number of rotatable bonds is 6.